The third-order valence-corrected chi connectivity index (χ3v) is 6.21. The Hall–Kier alpha value is -3.10. The number of aryl methyl sites for hydroxylation is 1. The number of rotatable bonds is 9. The smallest absolute Gasteiger partial charge is 0.408 e. The van der Waals surface area contributed by atoms with Crippen molar-refractivity contribution < 1.29 is 23.9 Å². The minimum Gasteiger partial charge on any atom is -0.444 e. The maximum atomic E-state index is 13.2. The van der Waals surface area contributed by atoms with Crippen molar-refractivity contribution >= 4 is 23.8 Å². The van der Waals surface area contributed by atoms with Gasteiger partial charge in [-0.25, -0.2) is 4.79 Å². The van der Waals surface area contributed by atoms with Crippen LogP contribution in [0.1, 0.15) is 71.9 Å². The lowest BCUT2D eigenvalue weighted by Gasteiger charge is -2.34. The average molecular weight is 517 g/mol. The molecule has 0 unspecified atom stereocenters. The molecule has 0 aromatic heterocycles. The van der Waals surface area contributed by atoms with Gasteiger partial charge >= 0.3 is 6.09 Å². The number of alkyl carbamates (subject to hydrolysis) is 1. The van der Waals surface area contributed by atoms with Crippen molar-refractivity contribution in [2.24, 2.45) is 11.8 Å². The molecular formula is C28H44N4O5. The van der Waals surface area contributed by atoms with E-state index in [1.807, 2.05) is 45.0 Å². The monoisotopic (exact) mass is 516 g/mol. The molecule has 2 rings (SSSR count). The Morgan fingerprint density at radius 3 is 2.14 bits per heavy atom. The highest BCUT2D eigenvalue weighted by molar-refractivity contribution is 5.89. The van der Waals surface area contributed by atoms with Gasteiger partial charge in [0.15, 0.2) is 0 Å². The van der Waals surface area contributed by atoms with Gasteiger partial charge in [-0.1, -0.05) is 43.7 Å². The van der Waals surface area contributed by atoms with Crippen molar-refractivity contribution in [3.63, 3.8) is 0 Å². The molecule has 0 spiro atoms. The number of nitrogens with zero attached hydrogens (tertiary/aromatic N) is 1. The van der Waals surface area contributed by atoms with Crippen LogP contribution >= 0.6 is 0 Å². The largest absolute Gasteiger partial charge is 0.444 e. The molecule has 2 atom stereocenters. The molecule has 0 radical (unpaired) electrons. The SMILES string of the molecule is Cc1ccc(CNC(=O)[C@H](C)NC(=O)C2CCN(C(=O)[C@H](CC(C)C)NC(=O)OC(C)(C)C)CC2)cc1. The summed E-state index contributed by atoms with van der Waals surface area (Å²) in [5, 5.41) is 8.39. The third kappa shape index (κ3) is 10.4. The van der Waals surface area contributed by atoms with Gasteiger partial charge in [-0.15, -0.1) is 0 Å². The van der Waals surface area contributed by atoms with Crippen molar-refractivity contribution in [1.29, 1.82) is 0 Å². The Morgan fingerprint density at radius 2 is 1.59 bits per heavy atom. The number of hydrogen-bond donors (Lipinski definition) is 3. The molecule has 1 aromatic carbocycles. The predicted octanol–water partition coefficient (Wildman–Crippen LogP) is 3.29. The van der Waals surface area contributed by atoms with Crippen LogP contribution in [0.2, 0.25) is 0 Å². The molecule has 1 heterocycles. The second-order valence-corrected chi connectivity index (χ2v) is 11.4. The van der Waals surface area contributed by atoms with Gasteiger partial charge in [-0.2, -0.15) is 0 Å². The molecule has 1 aliphatic rings. The highest BCUT2D eigenvalue weighted by Gasteiger charge is 2.33. The fourth-order valence-corrected chi connectivity index (χ4v) is 4.17. The summed E-state index contributed by atoms with van der Waals surface area (Å²) >= 11 is 0. The van der Waals surface area contributed by atoms with Crippen LogP contribution in [-0.4, -0.2) is 59.5 Å². The molecule has 0 aliphatic carbocycles. The van der Waals surface area contributed by atoms with Gasteiger partial charge in [0.2, 0.25) is 17.7 Å². The number of nitrogens with one attached hydrogen (secondary N) is 3. The van der Waals surface area contributed by atoms with Crippen molar-refractivity contribution in [2.45, 2.75) is 92.0 Å². The number of carbonyl (C=O) groups is 4. The van der Waals surface area contributed by atoms with Crippen LogP contribution in [0.25, 0.3) is 0 Å². The number of carbonyl (C=O) groups excluding carboxylic acids is 4. The molecule has 206 valence electrons. The van der Waals surface area contributed by atoms with E-state index in [1.165, 1.54) is 0 Å². The maximum Gasteiger partial charge on any atom is 0.408 e. The van der Waals surface area contributed by atoms with Crippen molar-refractivity contribution in [2.75, 3.05) is 13.1 Å². The van der Waals surface area contributed by atoms with E-state index in [1.54, 1.807) is 32.6 Å². The molecule has 9 heteroatoms. The van der Waals surface area contributed by atoms with Crippen LogP contribution < -0.4 is 16.0 Å². The first-order valence-electron chi connectivity index (χ1n) is 13.2. The Balaban J connectivity index is 1.83. The van der Waals surface area contributed by atoms with E-state index in [4.69, 9.17) is 4.74 Å². The molecular weight excluding hydrogens is 472 g/mol. The molecule has 37 heavy (non-hydrogen) atoms. The number of benzene rings is 1. The molecule has 1 fully saturated rings. The molecule has 1 aromatic rings. The number of likely N-dealkylation sites (tertiary alicyclic amines) is 1. The van der Waals surface area contributed by atoms with Crippen LogP contribution in [0.15, 0.2) is 24.3 Å². The fraction of sp³-hybridized carbons (Fsp3) is 0.643. The van der Waals surface area contributed by atoms with E-state index in [-0.39, 0.29) is 29.6 Å². The zero-order valence-electron chi connectivity index (χ0n) is 23.3. The minimum absolute atomic E-state index is 0.165. The van der Waals surface area contributed by atoms with Crippen LogP contribution in [0, 0.1) is 18.8 Å². The lowest BCUT2D eigenvalue weighted by molar-refractivity contribution is -0.138. The van der Waals surface area contributed by atoms with E-state index < -0.39 is 23.8 Å². The molecule has 9 nitrogen and oxygen atoms in total. The van der Waals surface area contributed by atoms with Gasteiger partial charge < -0.3 is 25.6 Å². The zero-order chi connectivity index (χ0) is 27.8. The van der Waals surface area contributed by atoms with Gasteiger partial charge in [-0.05, 0) is 65.4 Å². The second kappa shape index (κ2) is 13.4. The molecule has 0 bridgehead atoms. The van der Waals surface area contributed by atoms with Crippen LogP contribution in [0.5, 0.6) is 0 Å². The van der Waals surface area contributed by atoms with Gasteiger partial charge in [0.25, 0.3) is 0 Å². The maximum absolute atomic E-state index is 13.2. The molecule has 4 amide bonds. The van der Waals surface area contributed by atoms with Gasteiger partial charge in [0.05, 0.1) is 0 Å². The summed E-state index contributed by atoms with van der Waals surface area (Å²) in [7, 11) is 0. The average Bonchev–Trinajstić information content (AvgIpc) is 2.81. The lowest BCUT2D eigenvalue weighted by Crippen LogP contribution is -2.53. The summed E-state index contributed by atoms with van der Waals surface area (Å²) < 4.78 is 5.33. The molecule has 3 N–H and O–H groups in total. The minimum atomic E-state index is -0.683. The number of ether oxygens (including phenoxy) is 1. The Morgan fingerprint density at radius 1 is 1.00 bits per heavy atom. The van der Waals surface area contributed by atoms with Gasteiger partial charge in [-0.3, -0.25) is 14.4 Å². The highest BCUT2D eigenvalue weighted by Crippen LogP contribution is 2.20. The lowest BCUT2D eigenvalue weighted by atomic mass is 9.94. The summed E-state index contributed by atoms with van der Waals surface area (Å²) in [6.45, 7) is 14.2. The number of piperidine rings is 1. The standard InChI is InChI=1S/C28H44N4O5/c1-18(2)16-23(31-27(36)37-28(5,6)7)26(35)32-14-12-22(13-15-32)25(34)30-20(4)24(33)29-17-21-10-8-19(3)9-11-21/h8-11,18,20,22-23H,12-17H2,1-7H3,(H,29,33)(H,30,34)(H,31,36)/t20-,23-/m0/s1. The Kier molecular flexibility index (Phi) is 10.9. The quantitative estimate of drug-likeness (QED) is 0.466. The molecule has 1 saturated heterocycles. The predicted molar refractivity (Wildman–Crippen MR) is 143 cm³/mol. The van der Waals surface area contributed by atoms with Crippen molar-refractivity contribution in [1.82, 2.24) is 20.9 Å². The van der Waals surface area contributed by atoms with Crippen molar-refractivity contribution in [3.8, 4) is 0 Å². The van der Waals surface area contributed by atoms with E-state index in [0.29, 0.717) is 38.9 Å². The topological polar surface area (TPSA) is 117 Å². The van der Waals surface area contributed by atoms with Crippen LogP contribution in [-0.2, 0) is 25.7 Å². The summed E-state index contributed by atoms with van der Waals surface area (Å²) in [5.74, 6) is -0.672. The summed E-state index contributed by atoms with van der Waals surface area (Å²) in [6, 6.07) is 6.56. The van der Waals surface area contributed by atoms with Crippen molar-refractivity contribution in [3.05, 3.63) is 35.4 Å². The van der Waals surface area contributed by atoms with E-state index >= 15 is 0 Å². The van der Waals surface area contributed by atoms with E-state index in [2.05, 4.69) is 16.0 Å². The first kappa shape index (κ1) is 30.1. The second-order valence-electron chi connectivity index (χ2n) is 11.4. The third-order valence-electron chi connectivity index (χ3n) is 6.21. The van der Waals surface area contributed by atoms with Gasteiger partial charge in [0, 0.05) is 25.6 Å². The summed E-state index contributed by atoms with van der Waals surface area (Å²) in [5.41, 5.74) is 1.49. The fourth-order valence-electron chi connectivity index (χ4n) is 4.17. The van der Waals surface area contributed by atoms with E-state index in [0.717, 1.165) is 11.1 Å². The first-order chi connectivity index (χ1) is 17.2. The highest BCUT2D eigenvalue weighted by atomic mass is 16.6. The zero-order valence-corrected chi connectivity index (χ0v) is 23.3. The first-order valence-corrected chi connectivity index (χ1v) is 13.2. The number of hydrogen-bond acceptors (Lipinski definition) is 5. The van der Waals surface area contributed by atoms with Crippen LogP contribution in [0.3, 0.4) is 0 Å². The molecule has 0 saturated carbocycles. The summed E-state index contributed by atoms with van der Waals surface area (Å²) in [6.07, 6.45) is 0.871. The normalized spacial score (nSPS) is 16.1. The van der Waals surface area contributed by atoms with E-state index in [9.17, 15) is 19.2 Å². The van der Waals surface area contributed by atoms with Crippen LogP contribution in [0.4, 0.5) is 4.79 Å². The Labute approximate surface area is 221 Å². The summed E-state index contributed by atoms with van der Waals surface area (Å²) in [4.78, 5) is 52.4. The Bertz CT molecular complexity index is 931. The number of amides is 4. The molecule has 1 aliphatic heterocycles. The van der Waals surface area contributed by atoms with Gasteiger partial charge in [0.1, 0.15) is 17.7 Å².